The number of piperazine rings is 1. The van der Waals surface area contributed by atoms with Gasteiger partial charge in [0.2, 0.25) is 10.0 Å². The van der Waals surface area contributed by atoms with E-state index in [1.807, 2.05) is 24.3 Å². The summed E-state index contributed by atoms with van der Waals surface area (Å²) in [5.41, 5.74) is 3.02. The lowest BCUT2D eigenvalue weighted by molar-refractivity contribution is 0.0368. The Morgan fingerprint density at radius 3 is 2.24 bits per heavy atom. The molecule has 2 fully saturated rings. The number of hydrogen-bond acceptors (Lipinski definition) is 5. The summed E-state index contributed by atoms with van der Waals surface area (Å²) < 4.78 is 41.9. The quantitative estimate of drug-likeness (QED) is 0.715. The van der Waals surface area contributed by atoms with Crippen LogP contribution in [0.4, 0.5) is 4.39 Å². The standard InChI is InChI=1S/C21H19FN4O2S/c22-17-3-1-2-4-20(17)29(27,28)26-18-11-23-12-19(26)21(18)15-7-5-14(6-8-15)16-9-24-13-25-10-16/h1-10,13,18-19,21,23H,11-12H2/t18-,19+,21?. The zero-order chi connectivity index (χ0) is 20.0. The molecule has 5 rings (SSSR count). The predicted octanol–water partition coefficient (Wildman–Crippen LogP) is 2.41. The van der Waals surface area contributed by atoms with E-state index in [4.69, 9.17) is 0 Å². The highest BCUT2D eigenvalue weighted by Crippen LogP contribution is 2.46. The van der Waals surface area contributed by atoms with Crippen molar-refractivity contribution >= 4 is 10.0 Å². The number of rotatable bonds is 4. The van der Waals surface area contributed by atoms with Crippen LogP contribution in [0.3, 0.4) is 0 Å². The Morgan fingerprint density at radius 2 is 1.59 bits per heavy atom. The van der Waals surface area contributed by atoms with Gasteiger partial charge in [-0.2, -0.15) is 4.31 Å². The normalized spacial score (nSPS) is 24.1. The molecule has 148 valence electrons. The second-order valence-electron chi connectivity index (χ2n) is 7.33. The van der Waals surface area contributed by atoms with Crippen molar-refractivity contribution in [2.45, 2.75) is 22.9 Å². The molecule has 1 unspecified atom stereocenters. The molecule has 2 saturated heterocycles. The van der Waals surface area contributed by atoms with E-state index in [-0.39, 0.29) is 22.9 Å². The molecule has 3 heterocycles. The van der Waals surface area contributed by atoms with E-state index in [1.165, 1.54) is 28.8 Å². The molecule has 29 heavy (non-hydrogen) atoms. The molecule has 0 spiro atoms. The van der Waals surface area contributed by atoms with E-state index in [1.54, 1.807) is 18.5 Å². The highest BCUT2D eigenvalue weighted by Gasteiger charge is 2.57. The van der Waals surface area contributed by atoms with Gasteiger partial charge in [0.1, 0.15) is 17.0 Å². The van der Waals surface area contributed by atoms with E-state index in [2.05, 4.69) is 15.3 Å². The number of aromatic nitrogens is 2. The molecule has 0 aliphatic carbocycles. The van der Waals surface area contributed by atoms with E-state index < -0.39 is 15.8 Å². The molecule has 3 atom stereocenters. The van der Waals surface area contributed by atoms with Gasteiger partial charge in [0.05, 0.1) is 0 Å². The van der Waals surface area contributed by atoms with Crippen LogP contribution in [0.25, 0.3) is 11.1 Å². The fourth-order valence-corrected chi connectivity index (χ4v) is 6.36. The summed E-state index contributed by atoms with van der Waals surface area (Å²) in [6, 6.07) is 13.2. The van der Waals surface area contributed by atoms with Crippen LogP contribution in [0, 0.1) is 5.82 Å². The molecule has 8 heteroatoms. The van der Waals surface area contributed by atoms with Crippen molar-refractivity contribution in [3.05, 3.63) is 78.6 Å². The molecular weight excluding hydrogens is 391 g/mol. The molecule has 2 aliphatic rings. The largest absolute Gasteiger partial charge is 0.313 e. The number of sulfonamides is 1. The van der Waals surface area contributed by atoms with Crippen molar-refractivity contribution in [2.75, 3.05) is 13.1 Å². The Labute approximate surface area is 168 Å². The molecule has 0 amide bonds. The number of nitrogens with zero attached hydrogens (tertiary/aromatic N) is 3. The first-order valence-corrected chi connectivity index (χ1v) is 10.9. The summed E-state index contributed by atoms with van der Waals surface area (Å²) >= 11 is 0. The molecule has 2 aromatic carbocycles. The fraction of sp³-hybridized carbons (Fsp3) is 0.238. The van der Waals surface area contributed by atoms with Gasteiger partial charge in [-0.3, -0.25) is 0 Å². The number of piperidine rings is 1. The third-order valence-corrected chi connectivity index (χ3v) is 7.75. The lowest BCUT2D eigenvalue weighted by Gasteiger charge is -2.57. The SMILES string of the molecule is O=S(=O)(c1ccccc1F)N1[C@@H]2CNC[C@H]1C2c1ccc(-c2cncnc2)cc1. The van der Waals surface area contributed by atoms with Crippen molar-refractivity contribution in [1.29, 1.82) is 0 Å². The Morgan fingerprint density at radius 1 is 0.931 bits per heavy atom. The van der Waals surface area contributed by atoms with Crippen LogP contribution in [0.5, 0.6) is 0 Å². The van der Waals surface area contributed by atoms with Crippen molar-refractivity contribution in [2.24, 2.45) is 0 Å². The van der Waals surface area contributed by atoms with Gasteiger partial charge < -0.3 is 5.32 Å². The van der Waals surface area contributed by atoms with Gasteiger partial charge in [0.25, 0.3) is 0 Å². The number of nitrogens with one attached hydrogen (secondary N) is 1. The maximum absolute atomic E-state index is 14.2. The van der Waals surface area contributed by atoms with Crippen molar-refractivity contribution in [3.8, 4) is 11.1 Å². The number of halogens is 1. The molecule has 6 nitrogen and oxygen atoms in total. The van der Waals surface area contributed by atoms with Gasteiger partial charge >= 0.3 is 0 Å². The van der Waals surface area contributed by atoms with Gasteiger partial charge in [-0.25, -0.2) is 22.8 Å². The Balaban J connectivity index is 1.44. The molecule has 2 aliphatic heterocycles. The van der Waals surface area contributed by atoms with Crippen molar-refractivity contribution in [3.63, 3.8) is 0 Å². The predicted molar refractivity (Wildman–Crippen MR) is 106 cm³/mol. The average molecular weight is 410 g/mol. The molecule has 0 saturated carbocycles. The third-order valence-electron chi connectivity index (χ3n) is 5.77. The first-order chi connectivity index (χ1) is 14.1. The molecule has 2 bridgehead atoms. The van der Waals surface area contributed by atoms with Crippen molar-refractivity contribution in [1.82, 2.24) is 19.6 Å². The molecule has 0 radical (unpaired) electrons. The van der Waals surface area contributed by atoms with Gasteiger partial charge in [0, 0.05) is 49.0 Å². The maximum atomic E-state index is 14.2. The van der Waals surface area contributed by atoms with Crippen LogP contribution in [-0.2, 0) is 10.0 Å². The van der Waals surface area contributed by atoms with Gasteiger partial charge in [-0.1, -0.05) is 36.4 Å². The lowest BCUT2D eigenvalue weighted by Crippen LogP contribution is -2.73. The number of fused-ring (bicyclic) bond motifs is 2. The van der Waals surface area contributed by atoms with Crippen LogP contribution < -0.4 is 5.32 Å². The maximum Gasteiger partial charge on any atom is 0.246 e. The van der Waals surface area contributed by atoms with Gasteiger partial charge in [-0.05, 0) is 23.3 Å². The molecule has 3 aromatic rings. The second-order valence-corrected chi connectivity index (χ2v) is 9.14. The highest BCUT2D eigenvalue weighted by atomic mass is 32.2. The van der Waals surface area contributed by atoms with E-state index in [0.717, 1.165) is 16.7 Å². The zero-order valence-electron chi connectivity index (χ0n) is 15.4. The number of benzene rings is 2. The minimum Gasteiger partial charge on any atom is -0.313 e. The second kappa shape index (κ2) is 6.98. The summed E-state index contributed by atoms with van der Waals surface area (Å²) in [5.74, 6) is -0.629. The Bertz CT molecular complexity index is 1130. The van der Waals surface area contributed by atoms with Gasteiger partial charge in [-0.15, -0.1) is 0 Å². The van der Waals surface area contributed by atoms with Gasteiger partial charge in [0.15, 0.2) is 0 Å². The monoisotopic (exact) mass is 410 g/mol. The molecule has 1 aromatic heterocycles. The first-order valence-electron chi connectivity index (χ1n) is 9.41. The summed E-state index contributed by atoms with van der Waals surface area (Å²) in [7, 11) is -3.88. The average Bonchev–Trinajstić information content (AvgIpc) is 2.75. The highest BCUT2D eigenvalue weighted by molar-refractivity contribution is 7.89. The third kappa shape index (κ3) is 2.95. The van der Waals surface area contributed by atoms with Crippen LogP contribution in [0.2, 0.25) is 0 Å². The topological polar surface area (TPSA) is 75.2 Å². The lowest BCUT2D eigenvalue weighted by atomic mass is 9.74. The zero-order valence-corrected chi connectivity index (χ0v) is 16.3. The molecular formula is C21H19FN4O2S. The Kier molecular flexibility index (Phi) is 4.42. The Hall–Kier alpha value is -2.68. The summed E-state index contributed by atoms with van der Waals surface area (Å²) in [5, 5.41) is 3.27. The van der Waals surface area contributed by atoms with Crippen molar-refractivity contribution < 1.29 is 12.8 Å². The smallest absolute Gasteiger partial charge is 0.246 e. The van der Waals surface area contributed by atoms with E-state index in [0.29, 0.717) is 13.1 Å². The fourth-order valence-electron chi connectivity index (χ4n) is 4.44. The first kappa shape index (κ1) is 18.4. The van der Waals surface area contributed by atoms with Crippen LogP contribution in [-0.4, -0.2) is 47.9 Å². The number of hydrogen-bond donors (Lipinski definition) is 1. The van der Waals surface area contributed by atoms with Crippen LogP contribution in [0.15, 0.2) is 72.1 Å². The molecule has 1 N–H and O–H groups in total. The van der Waals surface area contributed by atoms with Crippen LogP contribution >= 0.6 is 0 Å². The summed E-state index contributed by atoms with van der Waals surface area (Å²) in [4.78, 5) is 7.83. The van der Waals surface area contributed by atoms with E-state index >= 15 is 0 Å². The summed E-state index contributed by atoms with van der Waals surface area (Å²) in [6.45, 7) is 1.09. The van der Waals surface area contributed by atoms with E-state index in [9.17, 15) is 12.8 Å². The minimum absolute atomic E-state index is 0.0823. The minimum atomic E-state index is -3.88. The summed E-state index contributed by atoms with van der Waals surface area (Å²) in [6.07, 6.45) is 5.00. The van der Waals surface area contributed by atoms with Crippen LogP contribution in [0.1, 0.15) is 11.5 Å².